The highest BCUT2D eigenvalue weighted by atomic mass is 32.2. The number of thioether (sulfide) groups is 1. The Labute approximate surface area is 165 Å². The molecule has 2 heterocycles. The maximum absolute atomic E-state index is 5.49. The molecule has 1 atom stereocenters. The number of aryl methyl sites for hydroxylation is 1. The van der Waals surface area contributed by atoms with Crippen molar-refractivity contribution in [3.05, 3.63) is 35.7 Å². The number of rotatable bonds is 8. The third-order valence-electron chi connectivity index (χ3n) is 4.41. The molecule has 1 aromatic carbocycles. The second-order valence-electron chi connectivity index (χ2n) is 6.84. The molecule has 6 nitrogen and oxygen atoms in total. The average molecular weight is 386 g/mol. The molecule has 0 saturated carbocycles. The first-order chi connectivity index (χ1) is 13.1. The van der Waals surface area contributed by atoms with Crippen LogP contribution in [0.5, 0.6) is 5.75 Å². The summed E-state index contributed by atoms with van der Waals surface area (Å²) in [5.41, 5.74) is 1.89. The standard InChI is InChI=1S/C20H27N5OS/c1-5-19-22-24-25(23-19)17-10-11-18(26-4)15(12-17)8-6-7-9-16-13-27-20(21-16)14(2)3/h6,8,10-12,14,16H,5,7,9,13H2,1-4H3/b8-6+. The molecule has 1 unspecified atom stereocenters. The van der Waals surface area contributed by atoms with Crippen molar-refractivity contribution in [3.8, 4) is 11.4 Å². The van der Waals surface area contributed by atoms with Crippen molar-refractivity contribution in [1.82, 2.24) is 20.2 Å². The Balaban J connectivity index is 1.66. The molecule has 0 amide bonds. The Kier molecular flexibility index (Phi) is 6.66. The maximum Gasteiger partial charge on any atom is 0.174 e. The maximum atomic E-state index is 5.49. The predicted octanol–water partition coefficient (Wildman–Crippen LogP) is 4.20. The molecular weight excluding hydrogens is 358 g/mol. The van der Waals surface area contributed by atoms with Gasteiger partial charge in [0, 0.05) is 23.7 Å². The van der Waals surface area contributed by atoms with Gasteiger partial charge in [-0.05, 0) is 36.3 Å². The summed E-state index contributed by atoms with van der Waals surface area (Å²) in [7, 11) is 1.69. The van der Waals surface area contributed by atoms with Gasteiger partial charge in [-0.2, -0.15) is 0 Å². The number of aromatic nitrogens is 4. The monoisotopic (exact) mass is 385 g/mol. The smallest absolute Gasteiger partial charge is 0.174 e. The van der Waals surface area contributed by atoms with E-state index in [0.29, 0.717) is 12.0 Å². The predicted molar refractivity (Wildman–Crippen MR) is 112 cm³/mol. The zero-order valence-electron chi connectivity index (χ0n) is 16.4. The van der Waals surface area contributed by atoms with Crippen molar-refractivity contribution in [2.24, 2.45) is 10.9 Å². The molecule has 0 spiro atoms. The zero-order valence-corrected chi connectivity index (χ0v) is 17.2. The molecule has 1 aromatic heterocycles. The molecule has 0 radical (unpaired) electrons. The number of allylic oxidation sites excluding steroid dienone is 1. The average Bonchev–Trinajstić information content (AvgIpc) is 3.34. The van der Waals surface area contributed by atoms with Crippen molar-refractivity contribution < 1.29 is 4.74 Å². The molecule has 2 aromatic rings. The van der Waals surface area contributed by atoms with Gasteiger partial charge in [-0.3, -0.25) is 4.99 Å². The van der Waals surface area contributed by atoms with Crippen LogP contribution in [0.15, 0.2) is 29.3 Å². The number of methoxy groups -OCH3 is 1. The van der Waals surface area contributed by atoms with Gasteiger partial charge < -0.3 is 4.74 Å². The summed E-state index contributed by atoms with van der Waals surface area (Å²) in [5, 5.41) is 13.8. The Bertz CT molecular complexity index is 828. The summed E-state index contributed by atoms with van der Waals surface area (Å²) in [5.74, 6) is 3.22. The molecule has 0 bridgehead atoms. The molecule has 0 N–H and O–H groups in total. The van der Waals surface area contributed by atoms with Gasteiger partial charge in [0.2, 0.25) is 0 Å². The van der Waals surface area contributed by atoms with Gasteiger partial charge in [-0.25, -0.2) is 0 Å². The van der Waals surface area contributed by atoms with Crippen LogP contribution in [0.4, 0.5) is 0 Å². The molecular formula is C20H27N5OS. The zero-order chi connectivity index (χ0) is 19.2. The Morgan fingerprint density at radius 3 is 2.89 bits per heavy atom. The van der Waals surface area contributed by atoms with Crippen LogP contribution in [-0.4, -0.2) is 44.2 Å². The van der Waals surface area contributed by atoms with Gasteiger partial charge in [0.05, 0.1) is 23.9 Å². The lowest BCUT2D eigenvalue weighted by Gasteiger charge is -2.07. The number of benzene rings is 1. The van der Waals surface area contributed by atoms with Crippen molar-refractivity contribution in [2.45, 2.75) is 46.1 Å². The number of tetrazole rings is 1. The van der Waals surface area contributed by atoms with E-state index in [1.54, 1.807) is 11.9 Å². The fourth-order valence-corrected chi connectivity index (χ4v) is 4.03. The number of hydrogen-bond acceptors (Lipinski definition) is 6. The summed E-state index contributed by atoms with van der Waals surface area (Å²) in [4.78, 5) is 6.39. The molecule has 144 valence electrons. The number of ether oxygens (including phenoxy) is 1. The molecule has 27 heavy (non-hydrogen) atoms. The first-order valence-electron chi connectivity index (χ1n) is 9.45. The minimum Gasteiger partial charge on any atom is -0.496 e. The van der Waals surface area contributed by atoms with E-state index in [0.717, 1.165) is 47.8 Å². The van der Waals surface area contributed by atoms with E-state index >= 15 is 0 Å². The van der Waals surface area contributed by atoms with Crippen LogP contribution in [0.25, 0.3) is 11.8 Å². The Hall–Kier alpha value is -2.15. The van der Waals surface area contributed by atoms with Crippen LogP contribution in [0, 0.1) is 5.92 Å². The van der Waals surface area contributed by atoms with E-state index in [-0.39, 0.29) is 0 Å². The fourth-order valence-electron chi connectivity index (χ4n) is 2.87. The van der Waals surface area contributed by atoms with E-state index in [9.17, 15) is 0 Å². The highest BCUT2D eigenvalue weighted by Crippen LogP contribution is 2.26. The Morgan fingerprint density at radius 1 is 1.37 bits per heavy atom. The quantitative estimate of drug-likeness (QED) is 0.681. The van der Waals surface area contributed by atoms with E-state index in [1.165, 1.54) is 5.04 Å². The van der Waals surface area contributed by atoms with Crippen molar-refractivity contribution in [2.75, 3.05) is 12.9 Å². The molecule has 3 rings (SSSR count). The first kappa shape index (κ1) is 19.6. The lowest BCUT2D eigenvalue weighted by atomic mass is 10.1. The lowest BCUT2D eigenvalue weighted by Crippen LogP contribution is -2.02. The van der Waals surface area contributed by atoms with Gasteiger partial charge in [0.1, 0.15) is 5.75 Å². The lowest BCUT2D eigenvalue weighted by molar-refractivity contribution is 0.413. The van der Waals surface area contributed by atoms with Crippen molar-refractivity contribution in [3.63, 3.8) is 0 Å². The van der Waals surface area contributed by atoms with E-state index < -0.39 is 0 Å². The molecule has 1 aliphatic rings. The second kappa shape index (κ2) is 9.17. The van der Waals surface area contributed by atoms with Gasteiger partial charge in [-0.1, -0.05) is 32.9 Å². The van der Waals surface area contributed by atoms with Crippen LogP contribution in [-0.2, 0) is 6.42 Å². The van der Waals surface area contributed by atoms with Crippen LogP contribution in [0.3, 0.4) is 0 Å². The molecule has 7 heteroatoms. The van der Waals surface area contributed by atoms with Gasteiger partial charge in [0.15, 0.2) is 5.82 Å². The fraction of sp³-hybridized carbons (Fsp3) is 0.500. The largest absolute Gasteiger partial charge is 0.496 e. The first-order valence-corrected chi connectivity index (χ1v) is 10.4. The summed E-state index contributed by atoms with van der Waals surface area (Å²) < 4.78 is 5.49. The van der Waals surface area contributed by atoms with Crippen LogP contribution < -0.4 is 4.74 Å². The van der Waals surface area contributed by atoms with Crippen molar-refractivity contribution in [1.29, 1.82) is 0 Å². The summed E-state index contributed by atoms with van der Waals surface area (Å²) in [6, 6.07) is 6.35. The number of hydrogen-bond donors (Lipinski definition) is 0. The number of aliphatic imine (C=N–C) groups is 1. The normalized spacial score (nSPS) is 17.1. The van der Waals surface area contributed by atoms with Crippen LogP contribution >= 0.6 is 11.8 Å². The van der Waals surface area contributed by atoms with Crippen LogP contribution in [0.2, 0.25) is 0 Å². The molecule has 0 aliphatic carbocycles. The summed E-state index contributed by atoms with van der Waals surface area (Å²) in [6.07, 6.45) is 7.14. The van der Waals surface area contributed by atoms with E-state index in [2.05, 4.69) is 41.4 Å². The minimum atomic E-state index is 0.442. The van der Waals surface area contributed by atoms with Gasteiger partial charge >= 0.3 is 0 Å². The Morgan fingerprint density at radius 2 is 2.22 bits per heavy atom. The third-order valence-corrected chi connectivity index (χ3v) is 5.83. The SMILES string of the molecule is CCc1nnn(-c2ccc(OC)c(/C=C/CCC3CSC(C(C)C)=N3)c2)n1. The topological polar surface area (TPSA) is 65.2 Å². The van der Waals surface area contributed by atoms with Crippen molar-refractivity contribution >= 4 is 22.9 Å². The minimum absolute atomic E-state index is 0.442. The summed E-state index contributed by atoms with van der Waals surface area (Å²) >= 11 is 1.91. The highest BCUT2D eigenvalue weighted by molar-refractivity contribution is 8.14. The highest BCUT2D eigenvalue weighted by Gasteiger charge is 2.19. The molecule has 0 fully saturated rings. The second-order valence-corrected chi connectivity index (χ2v) is 7.88. The van der Waals surface area contributed by atoms with E-state index in [4.69, 9.17) is 9.73 Å². The van der Waals surface area contributed by atoms with Gasteiger partial charge in [0.25, 0.3) is 0 Å². The number of nitrogens with zero attached hydrogens (tertiary/aromatic N) is 5. The third kappa shape index (κ3) is 4.97. The summed E-state index contributed by atoms with van der Waals surface area (Å²) in [6.45, 7) is 6.43. The molecule has 0 saturated heterocycles. The molecule has 1 aliphatic heterocycles. The van der Waals surface area contributed by atoms with Crippen LogP contribution in [0.1, 0.15) is 45.0 Å². The van der Waals surface area contributed by atoms with Gasteiger partial charge in [-0.15, -0.1) is 26.8 Å². The van der Waals surface area contributed by atoms with E-state index in [1.807, 2.05) is 36.9 Å².